The van der Waals surface area contributed by atoms with Gasteiger partial charge in [0.25, 0.3) is 0 Å². The van der Waals surface area contributed by atoms with E-state index in [1.54, 1.807) is 6.92 Å². The number of hydrogen-bond donors (Lipinski definition) is 3. The quantitative estimate of drug-likeness (QED) is 0.443. The van der Waals surface area contributed by atoms with Crippen LogP contribution in [0, 0.1) is 0 Å². The Morgan fingerprint density at radius 2 is 1.60 bits per heavy atom. The Labute approximate surface area is 88.2 Å². The third kappa shape index (κ3) is 10.5. The minimum absolute atomic E-state index is 0.00428. The molecule has 0 fully saturated rings. The van der Waals surface area contributed by atoms with Gasteiger partial charge in [-0.05, 0) is 12.8 Å². The monoisotopic (exact) mass is 262 g/mol. The molecule has 0 amide bonds. The third-order valence-electron chi connectivity index (χ3n) is 1.31. The standard InChI is InChI=1S/C6H16O7P2/c1-2-4-12-15(10,11)13-5-3-6-14(7,8)9/h2-6H2,1H3,(H,10,11)(H2,7,8,9). The average Bonchev–Trinajstić information content (AvgIpc) is 2.08. The van der Waals surface area contributed by atoms with Crippen LogP contribution in [0.1, 0.15) is 19.8 Å². The van der Waals surface area contributed by atoms with Crippen molar-refractivity contribution >= 4 is 15.4 Å². The zero-order chi connectivity index (χ0) is 11.9. The molecule has 0 heterocycles. The van der Waals surface area contributed by atoms with Crippen LogP contribution in [0.25, 0.3) is 0 Å². The lowest BCUT2D eigenvalue weighted by Crippen LogP contribution is -2.00. The van der Waals surface area contributed by atoms with Gasteiger partial charge in [-0.2, -0.15) is 0 Å². The van der Waals surface area contributed by atoms with Gasteiger partial charge < -0.3 is 14.7 Å². The second-order valence-corrected chi connectivity index (χ2v) is 6.11. The second kappa shape index (κ2) is 6.76. The van der Waals surface area contributed by atoms with E-state index in [2.05, 4.69) is 9.05 Å². The van der Waals surface area contributed by atoms with E-state index in [9.17, 15) is 9.13 Å². The Kier molecular flexibility index (Phi) is 6.88. The first-order valence-corrected chi connectivity index (χ1v) is 7.72. The maximum atomic E-state index is 11.0. The molecule has 0 aromatic rings. The van der Waals surface area contributed by atoms with E-state index in [0.29, 0.717) is 6.42 Å². The Morgan fingerprint density at radius 3 is 2.07 bits per heavy atom. The van der Waals surface area contributed by atoms with Crippen molar-refractivity contribution in [2.24, 2.45) is 0 Å². The van der Waals surface area contributed by atoms with Crippen molar-refractivity contribution in [2.45, 2.75) is 19.8 Å². The molecule has 0 aliphatic rings. The van der Waals surface area contributed by atoms with Gasteiger partial charge in [0, 0.05) is 0 Å². The summed E-state index contributed by atoms with van der Waals surface area (Å²) >= 11 is 0. The van der Waals surface area contributed by atoms with Crippen LogP contribution in [0.4, 0.5) is 0 Å². The third-order valence-corrected chi connectivity index (χ3v) is 3.22. The van der Waals surface area contributed by atoms with Crippen molar-refractivity contribution in [3.63, 3.8) is 0 Å². The minimum Gasteiger partial charge on any atom is -0.324 e. The van der Waals surface area contributed by atoms with Crippen molar-refractivity contribution < 1.29 is 32.9 Å². The fourth-order valence-corrected chi connectivity index (χ4v) is 2.08. The molecule has 92 valence electrons. The maximum Gasteiger partial charge on any atom is 0.472 e. The summed E-state index contributed by atoms with van der Waals surface area (Å²) in [7, 11) is -8.11. The van der Waals surface area contributed by atoms with Crippen LogP contribution < -0.4 is 0 Å². The molecule has 0 aromatic heterocycles. The zero-order valence-corrected chi connectivity index (χ0v) is 10.2. The van der Waals surface area contributed by atoms with Crippen LogP contribution >= 0.6 is 15.4 Å². The van der Waals surface area contributed by atoms with Gasteiger partial charge in [-0.3, -0.25) is 13.6 Å². The molecular weight excluding hydrogens is 246 g/mol. The van der Waals surface area contributed by atoms with Crippen molar-refractivity contribution in [1.29, 1.82) is 0 Å². The Balaban J connectivity index is 3.66. The number of hydrogen-bond acceptors (Lipinski definition) is 4. The highest BCUT2D eigenvalue weighted by Crippen LogP contribution is 2.44. The van der Waals surface area contributed by atoms with Gasteiger partial charge in [0.1, 0.15) is 0 Å². The van der Waals surface area contributed by atoms with Crippen molar-refractivity contribution in [2.75, 3.05) is 19.4 Å². The summed E-state index contributed by atoms with van der Waals surface area (Å²) in [5.41, 5.74) is 0. The Bertz CT molecular complexity index is 260. The van der Waals surface area contributed by atoms with Gasteiger partial charge in [0.05, 0.1) is 19.4 Å². The predicted octanol–water partition coefficient (Wildman–Crippen LogP) is 1.10. The molecule has 0 aliphatic carbocycles. The van der Waals surface area contributed by atoms with Crippen molar-refractivity contribution in [3.8, 4) is 0 Å². The van der Waals surface area contributed by atoms with E-state index >= 15 is 0 Å². The molecule has 0 spiro atoms. The lowest BCUT2D eigenvalue weighted by molar-refractivity contribution is 0.149. The number of phosphoric ester groups is 1. The number of rotatable bonds is 8. The molecule has 1 atom stereocenters. The fraction of sp³-hybridized carbons (Fsp3) is 1.00. The summed E-state index contributed by atoms with van der Waals surface area (Å²) in [4.78, 5) is 26.0. The van der Waals surface area contributed by atoms with Crippen LogP contribution in [0.3, 0.4) is 0 Å². The minimum atomic E-state index is -4.06. The summed E-state index contributed by atoms with van der Waals surface area (Å²) in [5, 5.41) is 0. The molecule has 3 N–H and O–H groups in total. The summed E-state index contributed by atoms with van der Waals surface area (Å²) in [6.45, 7) is 1.66. The van der Waals surface area contributed by atoms with E-state index in [1.807, 2.05) is 0 Å². The molecule has 15 heavy (non-hydrogen) atoms. The molecular formula is C6H16O7P2. The normalized spacial score (nSPS) is 16.3. The molecule has 0 bridgehead atoms. The molecule has 0 saturated heterocycles. The van der Waals surface area contributed by atoms with Gasteiger partial charge in [-0.25, -0.2) is 4.57 Å². The molecule has 0 aliphatic heterocycles. The molecule has 7 nitrogen and oxygen atoms in total. The lowest BCUT2D eigenvalue weighted by Gasteiger charge is -2.11. The molecule has 9 heteroatoms. The van der Waals surface area contributed by atoms with Crippen LogP contribution in [-0.2, 0) is 18.2 Å². The first kappa shape index (κ1) is 15.3. The van der Waals surface area contributed by atoms with E-state index in [-0.39, 0.29) is 25.8 Å². The van der Waals surface area contributed by atoms with Gasteiger partial charge in [-0.1, -0.05) is 6.92 Å². The topological polar surface area (TPSA) is 113 Å². The fourth-order valence-electron chi connectivity index (χ4n) is 0.694. The summed E-state index contributed by atoms with van der Waals surface area (Å²) in [5.74, 6) is 0. The zero-order valence-electron chi connectivity index (χ0n) is 8.40. The Morgan fingerprint density at radius 1 is 1.07 bits per heavy atom. The molecule has 0 radical (unpaired) electrons. The smallest absolute Gasteiger partial charge is 0.324 e. The highest BCUT2D eigenvalue weighted by Gasteiger charge is 2.21. The van der Waals surface area contributed by atoms with Crippen LogP contribution in [0.15, 0.2) is 0 Å². The van der Waals surface area contributed by atoms with Crippen molar-refractivity contribution in [1.82, 2.24) is 0 Å². The second-order valence-electron chi connectivity index (χ2n) is 2.88. The predicted molar refractivity (Wildman–Crippen MR) is 53.5 cm³/mol. The maximum absolute atomic E-state index is 11.0. The van der Waals surface area contributed by atoms with E-state index in [4.69, 9.17) is 14.7 Å². The van der Waals surface area contributed by atoms with Crippen molar-refractivity contribution in [3.05, 3.63) is 0 Å². The van der Waals surface area contributed by atoms with Crippen LogP contribution in [0.2, 0.25) is 0 Å². The molecule has 0 saturated carbocycles. The van der Waals surface area contributed by atoms with Gasteiger partial charge in [0.2, 0.25) is 0 Å². The lowest BCUT2D eigenvalue weighted by atomic mass is 10.5. The van der Waals surface area contributed by atoms with Gasteiger partial charge >= 0.3 is 15.4 Å². The highest BCUT2D eigenvalue weighted by molar-refractivity contribution is 7.51. The first-order valence-electron chi connectivity index (χ1n) is 4.43. The largest absolute Gasteiger partial charge is 0.472 e. The van der Waals surface area contributed by atoms with E-state index in [0.717, 1.165) is 0 Å². The summed E-state index contributed by atoms with van der Waals surface area (Å²) < 4.78 is 30.4. The van der Waals surface area contributed by atoms with E-state index < -0.39 is 15.4 Å². The molecule has 1 unspecified atom stereocenters. The van der Waals surface area contributed by atoms with Gasteiger partial charge in [-0.15, -0.1) is 0 Å². The number of phosphoric acid groups is 1. The highest BCUT2D eigenvalue weighted by atomic mass is 31.2. The van der Waals surface area contributed by atoms with Crippen LogP contribution in [-0.4, -0.2) is 34.1 Å². The SMILES string of the molecule is CCCOP(=O)(O)OCCCP(=O)(O)O. The van der Waals surface area contributed by atoms with Crippen LogP contribution in [0.5, 0.6) is 0 Å². The van der Waals surface area contributed by atoms with E-state index in [1.165, 1.54) is 0 Å². The molecule has 0 aromatic carbocycles. The summed E-state index contributed by atoms with van der Waals surface area (Å²) in [6.07, 6.45) is 0.210. The van der Waals surface area contributed by atoms with Gasteiger partial charge in [0.15, 0.2) is 0 Å². The Hall–Kier alpha value is 0.260. The molecule has 0 rings (SSSR count). The average molecular weight is 262 g/mol. The first-order chi connectivity index (χ1) is 6.77. The summed E-state index contributed by atoms with van der Waals surface area (Å²) in [6, 6.07) is 0.